The highest BCUT2D eigenvalue weighted by atomic mass is 15.1. The van der Waals surface area contributed by atoms with Crippen LogP contribution in [-0.2, 0) is 16.2 Å². The fraction of sp³-hybridized carbons (Fsp3) is 0.200. The molecular formula is C65H55N. The topological polar surface area (TPSA) is 3.24 Å². The molecule has 13 rings (SSSR count). The number of fused-ring (bicyclic) bond motifs is 11. The van der Waals surface area contributed by atoms with Gasteiger partial charge in [0.15, 0.2) is 0 Å². The fourth-order valence-electron chi connectivity index (χ4n) is 13.2. The lowest BCUT2D eigenvalue weighted by molar-refractivity contribution is 0.489. The van der Waals surface area contributed by atoms with Crippen LogP contribution in [0.2, 0.25) is 0 Å². The highest BCUT2D eigenvalue weighted by molar-refractivity contribution is 6.03. The van der Waals surface area contributed by atoms with Crippen LogP contribution in [0.4, 0.5) is 17.1 Å². The molecule has 0 aliphatic heterocycles. The van der Waals surface area contributed by atoms with Crippen LogP contribution in [-0.4, -0.2) is 0 Å². The van der Waals surface area contributed by atoms with Crippen LogP contribution >= 0.6 is 0 Å². The molecule has 0 N–H and O–H groups in total. The van der Waals surface area contributed by atoms with E-state index in [0.717, 1.165) is 11.4 Å². The molecule has 4 aliphatic carbocycles. The van der Waals surface area contributed by atoms with Crippen molar-refractivity contribution in [1.82, 2.24) is 0 Å². The number of anilines is 3. The van der Waals surface area contributed by atoms with E-state index in [1.807, 2.05) is 0 Å². The van der Waals surface area contributed by atoms with Crippen molar-refractivity contribution in [3.05, 3.63) is 234 Å². The van der Waals surface area contributed by atoms with E-state index in [0.29, 0.717) is 0 Å². The second-order valence-corrected chi connectivity index (χ2v) is 20.3. The van der Waals surface area contributed by atoms with E-state index in [4.69, 9.17) is 0 Å². The predicted molar refractivity (Wildman–Crippen MR) is 277 cm³/mol. The second kappa shape index (κ2) is 15.0. The van der Waals surface area contributed by atoms with E-state index in [2.05, 4.69) is 219 Å². The zero-order valence-electron chi connectivity index (χ0n) is 38.2. The van der Waals surface area contributed by atoms with Crippen molar-refractivity contribution < 1.29 is 0 Å². The third-order valence-electron chi connectivity index (χ3n) is 16.7. The average Bonchev–Trinajstić information content (AvgIpc) is 4.16. The molecule has 4 aliphatic rings. The summed E-state index contributed by atoms with van der Waals surface area (Å²) >= 11 is 0. The van der Waals surface area contributed by atoms with E-state index in [1.54, 1.807) is 0 Å². The quantitative estimate of drug-likeness (QED) is 0.154. The molecule has 0 amide bonds. The Morgan fingerprint density at radius 3 is 1.58 bits per heavy atom. The Morgan fingerprint density at radius 1 is 0.364 bits per heavy atom. The van der Waals surface area contributed by atoms with Crippen LogP contribution in [0.15, 0.2) is 200 Å². The normalized spacial score (nSPS) is 16.8. The Morgan fingerprint density at radius 2 is 0.879 bits per heavy atom. The molecule has 1 spiro atoms. The van der Waals surface area contributed by atoms with Crippen molar-refractivity contribution in [1.29, 1.82) is 0 Å². The number of hydrogen-bond acceptors (Lipinski definition) is 1. The summed E-state index contributed by atoms with van der Waals surface area (Å²) in [6, 6.07) is 76.6. The smallest absolute Gasteiger partial charge is 0.0726 e. The zero-order chi connectivity index (χ0) is 44.0. The van der Waals surface area contributed by atoms with E-state index >= 15 is 0 Å². The number of para-hydroxylation sites is 1. The van der Waals surface area contributed by atoms with Gasteiger partial charge in [-0.15, -0.1) is 0 Å². The van der Waals surface area contributed by atoms with Crippen LogP contribution in [0.3, 0.4) is 0 Å². The Bertz CT molecular complexity index is 3260. The molecule has 320 valence electrons. The fourth-order valence-corrected chi connectivity index (χ4v) is 13.2. The monoisotopic (exact) mass is 849 g/mol. The Kier molecular flexibility index (Phi) is 8.98. The molecule has 0 radical (unpaired) electrons. The van der Waals surface area contributed by atoms with Gasteiger partial charge >= 0.3 is 0 Å². The number of benzene rings is 9. The van der Waals surface area contributed by atoms with Gasteiger partial charge in [0.1, 0.15) is 0 Å². The lowest BCUT2D eigenvalue weighted by Gasteiger charge is -2.34. The first-order valence-corrected chi connectivity index (χ1v) is 24.5. The molecule has 0 atom stereocenters. The Balaban J connectivity index is 1.08. The highest BCUT2D eigenvalue weighted by Gasteiger charge is 2.53. The molecule has 9 aromatic carbocycles. The highest BCUT2D eigenvalue weighted by Crippen LogP contribution is 2.66. The van der Waals surface area contributed by atoms with Gasteiger partial charge < -0.3 is 4.90 Å². The van der Waals surface area contributed by atoms with Crippen molar-refractivity contribution in [2.75, 3.05) is 4.90 Å². The van der Waals surface area contributed by atoms with Crippen molar-refractivity contribution in [2.45, 2.75) is 81.5 Å². The van der Waals surface area contributed by atoms with Crippen molar-refractivity contribution in [3.8, 4) is 44.5 Å². The molecular weight excluding hydrogens is 795 g/mol. The van der Waals surface area contributed by atoms with Crippen molar-refractivity contribution in [3.63, 3.8) is 0 Å². The Labute approximate surface area is 390 Å². The summed E-state index contributed by atoms with van der Waals surface area (Å²) < 4.78 is 0. The van der Waals surface area contributed by atoms with Gasteiger partial charge in [0.25, 0.3) is 0 Å². The summed E-state index contributed by atoms with van der Waals surface area (Å²) in [5, 5.41) is 2.53. The number of rotatable bonds is 7. The minimum Gasteiger partial charge on any atom is -0.309 e. The molecule has 0 aromatic heterocycles. The molecule has 1 nitrogen and oxygen atoms in total. The maximum Gasteiger partial charge on any atom is 0.0726 e. The lowest BCUT2D eigenvalue weighted by Crippen LogP contribution is -2.28. The van der Waals surface area contributed by atoms with Gasteiger partial charge in [-0.05, 0) is 138 Å². The summed E-state index contributed by atoms with van der Waals surface area (Å²) in [7, 11) is 0. The van der Waals surface area contributed by atoms with Crippen LogP contribution in [0.25, 0.3) is 55.3 Å². The summed E-state index contributed by atoms with van der Waals surface area (Å²) in [6.07, 6.45) is 10.2. The van der Waals surface area contributed by atoms with Crippen LogP contribution in [0, 0.1) is 0 Å². The van der Waals surface area contributed by atoms with Crippen LogP contribution in [0.5, 0.6) is 0 Å². The first kappa shape index (κ1) is 39.4. The molecule has 66 heavy (non-hydrogen) atoms. The van der Waals surface area contributed by atoms with E-state index in [9.17, 15) is 0 Å². The van der Waals surface area contributed by atoms with Gasteiger partial charge in [0.2, 0.25) is 0 Å². The zero-order valence-corrected chi connectivity index (χ0v) is 38.2. The minimum atomic E-state index is -0.467. The molecule has 0 bridgehead atoms. The molecule has 0 unspecified atom stereocenters. The Hall–Kier alpha value is -6.96. The first-order chi connectivity index (χ1) is 32.4. The van der Waals surface area contributed by atoms with Gasteiger partial charge in [0.05, 0.1) is 16.8 Å². The molecule has 0 heterocycles. The summed E-state index contributed by atoms with van der Waals surface area (Å²) in [5.41, 5.74) is 22.4. The average molecular weight is 850 g/mol. The summed E-state index contributed by atoms with van der Waals surface area (Å²) in [4.78, 5) is 2.56. The van der Waals surface area contributed by atoms with E-state index in [-0.39, 0.29) is 10.8 Å². The maximum atomic E-state index is 2.67. The third-order valence-corrected chi connectivity index (χ3v) is 16.7. The van der Waals surface area contributed by atoms with Gasteiger partial charge in [-0.3, -0.25) is 0 Å². The van der Waals surface area contributed by atoms with Gasteiger partial charge in [-0.25, -0.2) is 0 Å². The largest absolute Gasteiger partial charge is 0.309 e. The maximum absolute atomic E-state index is 2.67. The number of nitrogens with zero attached hydrogens (tertiary/aromatic N) is 1. The lowest BCUT2D eigenvalue weighted by atomic mass is 9.68. The molecule has 2 saturated carbocycles. The first-order valence-electron chi connectivity index (χ1n) is 24.5. The van der Waals surface area contributed by atoms with Crippen molar-refractivity contribution in [2.24, 2.45) is 0 Å². The SMILES string of the molecule is CC1(c2ccc3c(c2)C2(c4cc(C5(C)CCCC5)ccc4-3)c3ccccc3-c3c(N(c4ccc(-c5cccc6ccccc56)cc4)c4ccccc4-c4ccccc4)cccc32)CCCC1. The minimum absolute atomic E-state index is 0.187. The predicted octanol–water partition coefficient (Wildman–Crippen LogP) is 17.7. The van der Waals surface area contributed by atoms with Crippen LogP contribution in [0.1, 0.15) is 98.6 Å². The van der Waals surface area contributed by atoms with Gasteiger partial charge in [-0.2, -0.15) is 0 Å². The molecule has 2 fully saturated rings. The van der Waals surface area contributed by atoms with Crippen molar-refractivity contribution >= 4 is 27.8 Å². The van der Waals surface area contributed by atoms with Gasteiger partial charge in [0, 0.05) is 16.8 Å². The second-order valence-electron chi connectivity index (χ2n) is 20.3. The summed E-state index contributed by atoms with van der Waals surface area (Å²) in [6.45, 7) is 5.05. The summed E-state index contributed by atoms with van der Waals surface area (Å²) in [5.74, 6) is 0. The van der Waals surface area contributed by atoms with E-state index < -0.39 is 5.41 Å². The van der Waals surface area contributed by atoms with E-state index in [1.165, 1.54) is 146 Å². The third kappa shape index (κ3) is 5.78. The standard InChI is InChI=1S/C65H55N/c1-63(38-12-13-39-63)47-32-36-53-54-37-33-48(64(2)40-14-15-41-64)43-59(54)65(58(53)42-47)56-26-10-8-24-55(56)62-57(65)27-17-29-61(62)66(60-28-11-9-23-52(60)45-18-4-3-5-19-45)49-34-30-46(31-35-49)51-25-16-21-44-20-6-7-22-50(44)51/h3-11,16-37,42-43H,12-15,38-41H2,1-2H3. The molecule has 0 saturated heterocycles. The van der Waals surface area contributed by atoms with Crippen LogP contribution < -0.4 is 4.90 Å². The number of hydrogen-bond donors (Lipinski definition) is 0. The van der Waals surface area contributed by atoms with Gasteiger partial charge in [-0.1, -0.05) is 215 Å². The molecule has 9 aromatic rings. The molecule has 1 heteroatoms.